The Morgan fingerprint density at radius 2 is 2.20 bits per heavy atom. The number of aryl methyl sites for hydroxylation is 1. The van der Waals surface area contributed by atoms with Gasteiger partial charge in [0.2, 0.25) is 5.91 Å². The van der Waals surface area contributed by atoms with Crippen molar-refractivity contribution in [2.45, 2.75) is 39.2 Å². The standard InChI is InChI=1S/C19H20ClN3O2/c1-10(2)23-19-18(11(3)22-23)15(8-17(24)21-19)13-6-12-7-14(20)4-5-16(12)25-9-13/h4-7,10,15H,8-9H2,1-3H3,(H,21,24). The number of hydrogen-bond donors (Lipinski definition) is 1. The first-order valence-corrected chi connectivity index (χ1v) is 8.83. The van der Waals surface area contributed by atoms with Crippen molar-refractivity contribution in [1.82, 2.24) is 9.78 Å². The van der Waals surface area contributed by atoms with Gasteiger partial charge < -0.3 is 10.1 Å². The van der Waals surface area contributed by atoms with E-state index in [9.17, 15) is 4.79 Å². The molecule has 1 amide bonds. The number of hydrogen-bond acceptors (Lipinski definition) is 3. The van der Waals surface area contributed by atoms with E-state index in [1.807, 2.05) is 29.8 Å². The number of anilines is 1. The molecular weight excluding hydrogens is 338 g/mol. The number of benzene rings is 1. The van der Waals surface area contributed by atoms with Gasteiger partial charge in [-0.15, -0.1) is 0 Å². The highest BCUT2D eigenvalue weighted by molar-refractivity contribution is 6.30. The topological polar surface area (TPSA) is 56.2 Å². The van der Waals surface area contributed by atoms with E-state index >= 15 is 0 Å². The average Bonchev–Trinajstić information content (AvgIpc) is 2.90. The average molecular weight is 358 g/mol. The Bertz CT molecular complexity index is 898. The molecule has 1 atom stereocenters. The van der Waals surface area contributed by atoms with E-state index in [4.69, 9.17) is 16.3 Å². The van der Waals surface area contributed by atoms with Gasteiger partial charge in [0.25, 0.3) is 0 Å². The van der Waals surface area contributed by atoms with Gasteiger partial charge in [-0.3, -0.25) is 4.79 Å². The van der Waals surface area contributed by atoms with Gasteiger partial charge in [-0.05, 0) is 50.6 Å². The molecule has 130 valence electrons. The van der Waals surface area contributed by atoms with Crippen LogP contribution in [0.4, 0.5) is 5.82 Å². The zero-order chi connectivity index (χ0) is 17.7. The van der Waals surface area contributed by atoms with Crippen LogP contribution in [0.1, 0.15) is 49.0 Å². The maximum Gasteiger partial charge on any atom is 0.226 e. The summed E-state index contributed by atoms with van der Waals surface area (Å²) in [6.07, 6.45) is 2.51. The van der Waals surface area contributed by atoms with E-state index in [-0.39, 0.29) is 17.9 Å². The third kappa shape index (κ3) is 2.72. The number of nitrogens with one attached hydrogen (secondary N) is 1. The molecule has 0 bridgehead atoms. The third-order valence-corrected chi connectivity index (χ3v) is 5.01. The minimum atomic E-state index is -0.0246. The van der Waals surface area contributed by atoms with E-state index in [0.29, 0.717) is 18.1 Å². The lowest BCUT2D eigenvalue weighted by molar-refractivity contribution is -0.116. The molecule has 0 spiro atoms. The van der Waals surface area contributed by atoms with Crippen molar-refractivity contribution in [3.63, 3.8) is 0 Å². The van der Waals surface area contributed by atoms with E-state index in [0.717, 1.165) is 34.0 Å². The molecule has 2 aliphatic rings. The Labute approximate surface area is 151 Å². The number of rotatable bonds is 2. The van der Waals surface area contributed by atoms with Crippen molar-refractivity contribution in [2.75, 3.05) is 11.9 Å². The van der Waals surface area contributed by atoms with Crippen molar-refractivity contribution in [1.29, 1.82) is 0 Å². The van der Waals surface area contributed by atoms with Crippen molar-refractivity contribution < 1.29 is 9.53 Å². The number of ether oxygens (including phenoxy) is 1. The minimum absolute atomic E-state index is 0.0112. The van der Waals surface area contributed by atoms with E-state index < -0.39 is 0 Å². The van der Waals surface area contributed by atoms with Crippen LogP contribution in [0.15, 0.2) is 23.8 Å². The Hall–Kier alpha value is -2.27. The number of fused-ring (bicyclic) bond motifs is 2. The summed E-state index contributed by atoms with van der Waals surface area (Å²) >= 11 is 6.12. The van der Waals surface area contributed by atoms with Crippen molar-refractivity contribution >= 4 is 29.4 Å². The fraction of sp³-hybridized carbons (Fsp3) is 0.368. The Morgan fingerprint density at radius 1 is 1.40 bits per heavy atom. The number of halogens is 1. The second kappa shape index (κ2) is 5.92. The summed E-state index contributed by atoms with van der Waals surface area (Å²) in [4.78, 5) is 12.3. The highest BCUT2D eigenvalue weighted by Gasteiger charge is 2.34. The van der Waals surface area contributed by atoms with E-state index in [1.54, 1.807) is 0 Å². The highest BCUT2D eigenvalue weighted by Crippen LogP contribution is 2.43. The van der Waals surface area contributed by atoms with Crippen molar-refractivity contribution in [3.05, 3.63) is 45.6 Å². The molecule has 5 nitrogen and oxygen atoms in total. The molecule has 0 saturated carbocycles. The Kier molecular flexibility index (Phi) is 3.84. The second-order valence-corrected chi connectivity index (χ2v) is 7.32. The first kappa shape index (κ1) is 16.2. The largest absolute Gasteiger partial charge is 0.489 e. The molecule has 0 fully saturated rings. The van der Waals surface area contributed by atoms with Gasteiger partial charge in [0.1, 0.15) is 18.2 Å². The molecule has 3 heterocycles. The summed E-state index contributed by atoms with van der Waals surface area (Å²) in [5, 5.41) is 8.31. The summed E-state index contributed by atoms with van der Waals surface area (Å²) in [5.41, 5.74) is 4.08. The minimum Gasteiger partial charge on any atom is -0.489 e. The zero-order valence-corrected chi connectivity index (χ0v) is 15.2. The first-order valence-electron chi connectivity index (χ1n) is 8.45. The van der Waals surface area contributed by atoms with Gasteiger partial charge in [0.05, 0.1) is 5.69 Å². The molecule has 2 aliphatic heterocycles. The fourth-order valence-corrected chi connectivity index (χ4v) is 3.81. The molecule has 4 rings (SSSR count). The lowest BCUT2D eigenvalue weighted by Crippen LogP contribution is -2.27. The van der Waals surface area contributed by atoms with Crippen LogP contribution in [0, 0.1) is 6.92 Å². The summed E-state index contributed by atoms with van der Waals surface area (Å²) in [7, 11) is 0. The van der Waals surface area contributed by atoms with Crippen molar-refractivity contribution in [3.8, 4) is 5.75 Å². The predicted octanol–water partition coefficient (Wildman–Crippen LogP) is 4.33. The quantitative estimate of drug-likeness (QED) is 0.870. The summed E-state index contributed by atoms with van der Waals surface area (Å²) < 4.78 is 7.80. The molecule has 1 N–H and O–H groups in total. The van der Waals surface area contributed by atoms with Crippen LogP contribution in [0.25, 0.3) is 6.08 Å². The number of carbonyl (C=O) groups excluding carboxylic acids is 1. The number of nitrogens with zero attached hydrogens (tertiary/aromatic N) is 2. The summed E-state index contributed by atoms with van der Waals surface area (Å²) in [6, 6.07) is 5.77. The monoisotopic (exact) mass is 357 g/mol. The van der Waals surface area contributed by atoms with Crippen LogP contribution in [0.5, 0.6) is 5.75 Å². The number of aromatic nitrogens is 2. The first-order chi connectivity index (χ1) is 11.9. The zero-order valence-electron chi connectivity index (χ0n) is 14.5. The smallest absolute Gasteiger partial charge is 0.226 e. The molecule has 2 aromatic rings. The van der Waals surface area contributed by atoms with Gasteiger partial charge >= 0.3 is 0 Å². The van der Waals surface area contributed by atoms with Gasteiger partial charge in [0.15, 0.2) is 0 Å². The fourth-order valence-electron chi connectivity index (χ4n) is 3.63. The van der Waals surface area contributed by atoms with Crippen LogP contribution in [-0.4, -0.2) is 22.3 Å². The molecule has 6 heteroatoms. The highest BCUT2D eigenvalue weighted by atomic mass is 35.5. The maximum absolute atomic E-state index is 12.3. The van der Waals surface area contributed by atoms with Crippen LogP contribution >= 0.6 is 11.6 Å². The normalized spacial score (nSPS) is 19.0. The van der Waals surface area contributed by atoms with Crippen LogP contribution in [-0.2, 0) is 4.79 Å². The number of amides is 1. The summed E-state index contributed by atoms with van der Waals surface area (Å²) in [5.74, 6) is 1.62. The maximum atomic E-state index is 12.3. The summed E-state index contributed by atoms with van der Waals surface area (Å²) in [6.45, 7) is 6.59. The molecule has 1 unspecified atom stereocenters. The molecule has 1 aromatic carbocycles. The van der Waals surface area contributed by atoms with E-state index in [1.165, 1.54) is 0 Å². The lowest BCUT2D eigenvalue weighted by atomic mass is 9.84. The number of carbonyl (C=O) groups is 1. The molecule has 1 aromatic heterocycles. The molecule has 0 saturated heterocycles. The third-order valence-electron chi connectivity index (χ3n) is 4.77. The van der Waals surface area contributed by atoms with Crippen LogP contribution in [0.3, 0.4) is 0 Å². The van der Waals surface area contributed by atoms with Gasteiger partial charge in [-0.2, -0.15) is 5.10 Å². The molecule has 0 radical (unpaired) electrons. The van der Waals surface area contributed by atoms with Crippen LogP contribution in [0.2, 0.25) is 5.02 Å². The van der Waals surface area contributed by atoms with E-state index in [2.05, 4.69) is 30.3 Å². The molecule has 0 aliphatic carbocycles. The Balaban J connectivity index is 1.81. The Morgan fingerprint density at radius 3 is 2.96 bits per heavy atom. The molecular formula is C19H20ClN3O2. The second-order valence-electron chi connectivity index (χ2n) is 6.88. The molecule has 25 heavy (non-hydrogen) atoms. The SMILES string of the molecule is Cc1nn(C(C)C)c2c1C(C1=Cc3cc(Cl)ccc3OC1)CC(=O)N2. The predicted molar refractivity (Wildman–Crippen MR) is 98.3 cm³/mol. The van der Waals surface area contributed by atoms with Gasteiger partial charge in [-0.25, -0.2) is 4.68 Å². The lowest BCUT2D eigenvalue weighted by Gasteiger charge is -2.29. The van der Waals surface area contributed by atoms with Crippen molar-refractivity contribution in [2.24, 2.45) is 0 Å². The van der Waals surface area contributed by atoms with Gasteiger partial charge in [-0.1, -0.05) is 11.6 Å². The van der Waals surface area contributed by atoms with Crippen LogP contribution < -0.4 is 10.1 Å². The van der Waals surface area contributed by atoms with Gasteiger partial charge in [0, 0.05) is 34.5 Å².